The average Bonchev–Trinajstić information content (AvgIpc) is 3.14. The van der Waals surface area contributed by atoms with Gasteiger partial charge in [0.05, 0.1) is 28.9 Å². The zero-order valence-corrected chi connectivity index (χ0v) is 13.7. The van der Waals surface area contributed by atoms with Crippen LogP contribution in [0.15, 0.2) is 48.5 Å². The molecule has 3 aromatic rings. The quantitative estimate of drug-likeness (QED) is 0.687. The highest BCUT2D eigenvalue weighted by Gasteiger charge is 2.31. The van der Waals surface area contributed by atoms with Gasteiger partial charge in [0, 0.05) is 6.42 Å². The van der Waals surface area contributed by atoms with E-state index in [1.165, 1.54) is 0 Å². The Kier molecular flexibility index (Phi) is 3.92. The van der Waals surface area contributed by atoms with Gasteiger partial charge in [-0.05, 0) is 23.3 Å². The van der Waals surface area contributed by atoms with Gasteiger partial charge in [-0.25, -0.2) is 9.78 Å². The summed E-state index contributed by atoms with van der Waals surface area (Å²) >= 11 is 1.57. The minimum Gasteiger partial charge on any atom is -0.390 e. The fourth-order valence-electron chi connectivity index (χ4n) is 3.09. The maximum Gasteiger partial charge on any atom is 0.315 e. The molecule has 122 valence electrons. The third kappa shape index (κ3) is 2.86. The van der Waals surface area contributed by atoms with E-state index in [1.54, 1.807) is 11.3 Å². The van der Waals surface area contributed by atoms with Gasteiger partial charge in [0.1, 0.15) is 5.01 Å². The van der Waals surface area contributed by atoms with Gasteiger partial charge in [0.25, 0.3) is 0 Å². The van der Waals surface area contributed by atoms with E-state index in [-0.39, 0.29) is 12.1 Å². The van der Waals surface area contributed by atoms with Crippen molar-refractivity contribution < 1.29 is 9.90 Å². The number of amides is 2. The van der Waals surface area contributed by atoms with Gasteiger partial charge >= 0.3 is 6.03 Å². The number of nitrogens with zero attached hydrogens (tertiary/aromatic N) is 1. The van der Waals surface area contributed by atoms with Gasteiger partial charge in [-0.1, -0.05) is 36.4 Å². The van der Waals surface area contributed by atoms with Gasteiger partial charge in [-0.3, -0.25) is 0 Å². The summed E-state index contributed by atoms with van der Waals surface area (Å²) in [5.41, 5.74) is 3.02. The standard InChI is InChI=1S/C18H17N3O2S/c22-14-9-11-5-1-2-6-12(11)17(14)21-18(23)19-10-16-20-13-7-3-4-8-15(13)24-16/h1-8,14,17,22H,9-10H2,(H2,19,21,23). The van der Waals surface area contributed by atoms with Crippen LogP contribution in [0.25, 0.3) is 10.2 Å². The Morgan fingerprint density at radius 1 is 1.21 bits per heavy atom. The Hall–Kier alpha value is -2.44. The summed E-state index contributed by atoms with van der Waals surface area (Å²) in [5.74, 6) is 0. The second-order valence-electron chi connectivity index (χ2n) is 5.85. The second kappa shape index (κ2) is 6.22. The van der Waals surface area contributed by atoms with Crippen LogP contribution in [0.3, 0.4) is 0 Å². The van der Waals surface area contributed by atoms with Crippen molar-refractivity contribution in [2.45, 2.75) is 25.1 Å². The van der Waals surface area contributed by atoms with Crippen molar-refractivity contribution in [2.24, 2.45) is 0 Å². The lowest BCUT2D eigenvalue weighted by Crippen LogP contribution is -2.40. The first-order chi connectivity index (χ1) is 11.7. The number of rotatable bonds is 3. The molecule has 0 saturated carbocycles. The van der Waals surface area contributed by atoms with Gasteiger partial charge in [0.2, 0.25) is 0 Å². The Morgan fingerprint density at radius 3 is 2.88 bits per heavy atom. The topological polar surface area (TPSA) is 74.2 Å². The minimum atomic E-state index is -0.587. The van der Waals surface area contributed by atoms with E-state index in [0.29, 0.717) is 13.0 Å². The van der Waals surface area contributed by atoms with Crippen LogP contribution in [-0.4, -0.2) is 22.2 Å². The first kappa shape index (κ1) is 15.1. The molecule has 1 heterocycles. The summed E-state index contributed by atoms with van der Waals surface area (Å²) in [7, 11) is 0. The highest BCUT2D eigenvalue weighted by molar-refractivity contribution is 7.18. The third-order valence-electron chi connectivity index (χ3n) is 4.23. The molecule has 24 heavy (non-hydrogen) atoms. The molecule has 5 nitrogen and oxygen atoms in total. The Balaban J connectivity index is 1.40. The van der Waals surface area contributed by atoms with E-state index in [1.807, 2.05) is 48.5 Å². The van der Waals surface area contributed by atoms with Crippen LogP contribution >= 0.6 is 11.3 Å². The summed E-state index contributed by atoms with van der Waals surface area (Å²) in [6.45, 7) is 0.371. The van der Waals surface area contributed by atoms with E-state index in [9.17, 15) is 9.90 Å². The molecule has 1 aliphatic carbocycles. The van der Waals surface area contributed by atoms with Gasteiger partial charge < -0.3 is 15.7 Å². The smallest absolute Gasteiger partial charge is 0.315 e. The molecule has 0 aliphatic heterocycles. The molecule has 4 rings (SSSR count). The summed E-state index contributed by atoms with van der Waals surface area (Å²) in [5, 5.41) is 16.7. The molecule has 0 spiro atoms. The van der Waals surface area contributed by atoms with Crippen LogP contribution in [0, 0.1) is 0 Å². The number of fused-ring (bicyclic) bond motifs is 2. The van der Waals surface area contributed by atoms with Gasteiger partial charge in [-0.15, -0.1) is 11.3 Å². The molecule has 2 aromatic carbocycles. The van der Waals surface area contributed by atoms with Gasteiger partial charge in [0.15, 0.2) is 0 Å². The Bertz CT molecular complexity index is 860. The van der Waals surface area contributed by atoms with E-state index in [2.05, 4.69) is 15.6 Å². The Morgan fingerprint density at radius 2 is 2.00 bits per heavy atom. The largest absolute Gasteiger partial charge is 0.390 e. The van der Waals surface area contributed by atoms with Crippen molar-refractivity contribution in [2.75, 3.05) is 0 Å². The highest BCUT2D eigenvalue weighted by atomic mass is 32.1. The van der Waals surface area contributed by atoms with Crippen molar-refractivity contribution in [3.8, 4) is 0 Å². The van der Waals surface area contributed by atoms with Crippen molar-refractivity contribution in [3.05, 3.63) is 64.7 Å². The molecule has 3 N–H and O–H groups in total. The van der Waals surface area contributed by atoms with Crippen LogP contribution in [0.2, 0.25) is 0 Å². The second-order valence-corrected chi connectivity index (χ2v) is 6.97. The fourth-order valence-corrected chi connectivity index (χ4v) is 4.00. The number of aliphatic hydroxyl groups is 1. The van der Waals surface area contributed by atoms with Crippen LogP contribution < -0.4 is 10.6 Å². The molecule has 0 bridgehead atoms. The zero-order chi connectivity index (χ0) is 16.5. The molecule has 6 heteroatoms. The highest BCUT2D eigenvalue weighted by Crippen LogP contribution is 2.31. The average molecular weight is 339 g/mol. The maximum atomic E-state index is 12.2. The van der Waals surface area contributed by atoms with E-state index in [0.717, 1.165) is 26.4 Å². The lowest BCUT2D eigenvalue weighted by atomic mass is 10.1. The monoisotopic (exact) mass is 339 g/mol. The predicted molar refractivity (Wildman–Crippen MR) is 93.9 cm³/mol. The minimum absolute atomic E-state index is 0.296. The van der Waals surface area contributed by atoms with Crippen LogP contribution in [-0.2, 0) is 13.0 Å². The Labute approximate surface area is 143 Å². The van der Waals surface area contributed by atoms with E-state index >= 15 is 0 Å². The summed E-state index contributed by atoms with van der Waals surface area (Å²) in [4.78, 5) is 16.7. The predicted octanol–water partition coefficient (Wildman–Crippen LogP) is 2.75. The molecule has 0 fully saturated rings. The zero-order valence-electron chi connectivity index (χ0n) is 12.9. The summed E-state index contributed by atoms with van der Waals surface area (Å²) in [6.07, 6.45) is -0.0190. The number of para-hydroxylation sites is 1. The van der Waals surface area contributed by atoms with Crippen LogP contribution in [0.5, 0.6) is 0 Å². The number of carbonyl (C=O) groups excluding carboxylic acids is 1. The van der Waals surface area contributed by atoms with Crippen molar-refractivity contribution in [1.29, 1.82) is 0 Å². The number of aromatic nitrogens is 1. The molecule has 0 radical (unpaired) electrons. The molecular weight excluding hydrogens is 322 g/mol. The molecule has 0 saturated heterocycles. The van der Waals surface area contributed by atoms with Crippen molar-refractivity contribution in [3.63, 3.8) is 0 Å². The summed E-state index contributed by atoms with van der Waals surface area (Å²) in [6, 6.07) is 15.0. The molecule has 2 atom stereocenters. The first-order valence-electron chi connectivity index (χ1n) is 7.85. The van der Waals surface area contributed by atoms with Gasteiger partial charge in [-0.2, -0.15) is 0 Å². The molecule has 2 amide bonds. The molecule has 1 aromatic heterocycles. The summed E-state index contributed by atoms with van der Waals surface area (Å²) < 4.78 is 1.11. The number of urea groups is 1. The number of carbonyl (C=O) groups is 1. The lowest BCUT2D eigenvalue weighted by molar-refractivity contribution is 0.142. The number of hydrogen-bond acceptors (Lipinski definition) is 4. The lowest BCUT2D eigenvalue weighted by Gasteiger charge is -2.18. The number of hydrogen-bond donors (Lipinski definition) is 3. The SMILES string of the molecule is O=C(NCc1nc2ccccc2s1)NC1c2ccccc2CC1O. The number of benzene rings is 2. The maximum absolute atomic E-state index is 12.2. The number of thiazole rings is 1. The molecule has 1 aliphatic rings. The number of aliphatic hydroxyl groups excluding tert-OH is 1. The van der Waals surface area contributed by atoms with Crippen molar-refractivity contribution in [1.82, 2.24) is 15.6 Å². The number of nitrogens with one attached hydrogen (secondary N) is 2. The fraction of sp³-hybridized carbons (Fsp3) is 0.222. The molecule has 2 unspecified atom stereocenters. The third-order valence-corrected chi connectivity index (χ3v) is 5.27. The molecular formula is C18H17N3O2S. The van der Waals surface area contributed by atoms with Crippen LogP contribution in [0.1, 0.15) is 22.2 Å². The van der Waals surface area contributed by atoms with Crippen LogP contribution in [0.4, 0.5) is 4.79 Å². The van der Waals surface area contributed by atoms with E-state index in [4.69, 9.17) is 0 Å². The van der Waals surface area contributed by atoms with E-state index < -0.39 is 6.10 Å². The van der Waals surface area contributed by atoms with Crippen molar-refractivity contribution >= 4 is 27.6 Å². The first-order valence-corrected chi connectivity index (χ1v) is 8.67. The normalized spacial score (nSPS) is 19.2.